The highest BCUT2D eigenvalue weighted by atomic mass is 27.0. The van der Waals surface area contributed by atoms with Crippen molar-refractivity contribution in [2.45, 2.75) is 24.7 Å². The van der Waals surface area contributed by atoms with Crippen LogP contribution >= 0.6 is 0 Å². The van der Waals surface area contributed by atoms with Crippen LogP contribution in [0.15, 0.2) is 0 Å². The molecular weight excluding hydrogens is 185 g/mol. The van der Waals surface area contributed by atoms with Crippen LogP contribution in [-0.2, 0) is 0 Å². The predicted molar refractivity (Wildman–Crippen MR) is 56.4 cm³/mol. The number of aliphatic hydroxyl groups is 3. The van der Waals surface area contributed by atoms with E-state index in [9.17, 15) is 0 Å². The molecule has 0 saturated carbocycles. The molecule has 0 aromatic heterocycles. The molecule has 0 bridgehead atoms. The zero-order valence-corrected chi connectivity index (χ0v) is 10.8. The lowest BCUT2D eigenvalue weighted by Gasteiger charge is -2.20. The lowest BCUT2D eigenvalue weighted by molar-refractivity contribution is 0.0698. The van der Waals surface area contributed by atoms with Crippen LogP contribution in [0, 0.1) is 5.92 Å². The first-order chi connectivity index (χ1) is 5.95. The first-order valence-corrected chi connectivity index (χ1v) is 5.98. The van der Waals surface area contributed by atoms with Gasteiger partial charge in [0.25, 0.3) is 0 Å². The minimum Gasteiger partial charge on any atom is -0.394 e. The Bertz CT molecular complexity index is 99.3. The van der Waals surface area contributed by atoms with Crippen LogP contribution in [0.1, 0.15) is 13.8 Å². The van der Waals surface area contributed by atoms with Crippen LogP contribution in [0.4, 0.5) is 0 Å². The van der Waals surface area contributed by atoms with Crippen molar-refractivity contribution in [3.05, 3.63) is 0 Å². The molecule has 0 aromatic rings. The van der Waals surface area contributed by atoms with Crippen molar-refractivity contribution in [3.63, 3.8) is 0 Å². The Morgan fingerprint density at radius 1 is 1.15 bits per heavy atom. The molecule has 0 aliphatic carbocycles. The number of hydrogen-bond donors (Lipinski definition) is 4. The highest BCUT2D eigenvalue weighted by Gasteiger charge is 2.20. The molecule has 5 heteroatoms. The van der Waals surface area contributed by atoms with Gasteiger partial charge >= 0.3 is 0 Å². The second-order valence-corrected chi connectivity index (χ2v) is 4.46. The van der Waals surface area contributed by atoms with Crippen molar-refractivity contribution in [1.29, 1.82) is 0 Å². The molecule has 0 fully saturated rings. The first kappa shape index (κ1) is 15.8. The second kappa shape index (κ2) is 8.95. The van der Waals surface area contributed by atoms with E-state index in [-0.39, 0.29) is 0 Å². The maximum absolute atomic E-state index is 8.34. The van der Waals surface area contributed by atoms with E-state index in [0.29, 0.717) is 0 Å². The van der Waals surface area contributed by atoms with E-state index in [4.69, 9.17) is 21.1 Å². The standard InChI is InChI=1S/C4H11NO3.C4H9.Al.2H/c5-4(1-6,2-7)3-8;1-4(2)3;;;/h6-8H,1-3,5H2;4H,1H2,2-3H3;;;. The minimum atomic E-state index is -1.21. The van der Waals surface area contributed by atoms with Crippen molar-refractivity contribution < 1.29 is 15.3 Å². The van der Waals surface area contributed by atoms with Crippen LogP contribution in [0.3, 0.4) is 0 Å². The third kappa shape index (κ3) is 10.3. The molecule has 0 spiro atoms. The van der Waals surface area contributed by atoms with E-state index in [1.807, 2.05) is 0 Å². The van der Waals surface area contributed by atoms with E-state index in [2.05, 4.69) is 13.8 Å². The van der Waals surface area contributed by atoms with Crippen molar-refractivity contribution in [2.75, 3.05) is 19.8 Å². The van der Waals surface area contributed by atoms with Crippen molar-refractivity contribution in [2.24, 2.45) is 11.7 Å². The van der Waals surface area contributed by atoms with E-state index in [0.717, 1.165) is 5.92 Å². The SMILES string of the molecule is CC(C)[CH2][AlH2].NC(CO)(CO)CO. The van der Waals surface area contributed by atoms with Crippen molar-refractivity contribution >= 4 is 16.3 Å². The molecule has 0 aliphatic heterocycles. The Morgan fingerprint density at radius 2 is 1.38 bits per heavy atom. The van der Waals surface area contributed by atoms with Gasteiger partial charge in [0.1, 0.15) is 0 Å². The van der Waals surface area contributed by atoms with Gasteiger partial charge in [-0.2, -0.15) is 0 Å². The van der Waals surface area contributed by atoms with Gasteiger partial charge < -0.3 is 21.1 Å². The summed E-state index contributed by atoms with van der Waals surface area (Å²) >= 11 is 1.37. The largest absolute Gasteiger partial charge is 0.394 e. The summed E-state index contributed by atoms with van der Waals surface area (Å²) in [6.45, 7) is 3.31. The van der Waals surface area contributed by atoms with Gasteiger partial charge in [-0.3, -0.25) is 0 Å². The summed E-state index contributed by atoms with van der Waals surface area (Å²) in [7, 11) is 0. The maximum Gasteiger partial charge on any atom is 0.212 e. The van der Waals surface area contributed by atoms with E-state index >= 15 is 0 Å². The van der Waals surface area contributed by atoms with Gasteiger partial charge in [-0.25, -0.2) is 0 Å². The summed E-state index contributed by atoms with van der Waals surface area (Å²) in [5.74, 6) is 0.946. The third-order valence-corrected chi connectivity index (χ3v) is 3.39. The van der Waals surface area contributed by atoms with Crippen molar-refractivity contribution in [1.82, 2.24) is 0 Å². The molecule has 80 valence electrons. The maximum atomic E-state index is 8.34. The van der Waals surface area contributed by atoms with Gasteiger partial charge in [-0.1, -0.05) is 25.0 Å². The second-order valence-electron chi connectivity index (χ2n) is 3.64. The summed E-state index contributed by atoms with van der Waals surface area (Å²) in [6.07, 6.45) is 0. The smallest absolute Gasteiger partial charge is 0.212 e. The monoisotopic (exact) mass is 207 g/mol. The molecule has 13 heavy (non-hydrogen) atoms. The Balaban J connectivity index is 0. The van der Waals surface area contributed by atoms with Gasteiger partial charge in [0, 0.05) is 0 Å². The molecule has 0 radical (unpaired) electrons. The third-order valence-electron chi connectivity index (χ3n) is 1.76. The topological polar surface area (TPSA) is 86.7 Å². The molecule has 4 nitrogen and oxygen atoms in total. The minimum absolute atomic E-state index is 0.403. The highest BCUT2D eigenvalue weighted by molar-refractivity contribution is 6.08. The average Bonchev–Trinajstić information content (AvgIpc) is 2.17. The lowest BCUT2D eigenvalue weighted by atomic mass is 10.1. The fourth-order valence-corrected chi connectivity index (χ4v) is 0.150. The van der Waals surface area contributed by atoms with Crippen LogP contribution < -0.4 is 5.73 Å². The average molecular weight is 207 g/mol. The van der Waals surface area contributed by atoms with Gasteiger partial charge in [0.2, 0.25) is 16.3 Å². The quantitative estimate of drug-likeness (QED) is 0.416. The molecule has 5 N–H and O–H groups in total. The van der Waals surface area contributed by atoms with Gasteiger partial charge in [-0.05, 0) is 0 Å². The molecular formula is C8H22AlNO3. The highest BCUT2D eigenvalue weighted by Crippen LogP contribution is 1.93. The molecule has 0 rings (SSSR count). The van der Waals surface area contributed by atoms with Gasteiger partial charge in [0.15, 0.2) is 0 Å². The van der Waals surface area contributed by atoms with E-state index in [1.54, 1.807) is 0 Å². The fraction of sp³-hybridized carbons (Fsp3) is 1.00. The van der Waals surface area contributed by atoms with E-state index < -0.39 is 25.4 Å². The normalized spacial score (nSPS) is 11.0. The number of rotatable bonds is 4. The van der Waals surface area contributed by atoms with Crippen molar-refractivity contribution in [3.8, 4) is 0 Å². The molecule has 0 saturated heterocycles. The first-order valence-electron chi connectivity index (χ1n) is 4.57. The lowest BCUT2D eigenvalue weighted by Crippen LogP contribution is -2.50. The number of nitrogens with two attached hydrogens (primary N) is 1. The summed E-state index contributed by atoms with van der Waals surface area (Å²) in [6, 6.07) is 0. The predicted octanol–water partition coefficient (Wildman–Crippen LogP) is -1.65. The van der Waals surface area contributed by atoms with Gasteiger partial charge in [-0.15, -0.1) is 0 Å². The molecule has 0 unspecified atom stereocenters. The summed E-state index contributed by atoms with van der Waals surface area (Å²) in [5.41, 5.74) is 3.94. The number of hydrogen-bond acceptors (Lipinski definition) is 4. The van der Waals surface area contributed by atoms with Crippen LogP contribution in [0.25, 0.3) is 0 Å². The molecule has 0 aliphatic rings. The molecule has 0 atom stereocenters. The molecule has 0 heterocycles. The fourth-order valence-electron chi connectivity index (χ4n) is 0.150. The summed E-state index contributed by atoms with van der Waals surface area (Å²) < 4.78 is 0. The number of aliphatic hydroxyl groups excluding tert-OH is 3. The zero-order valence-electron chi connectivity index (χ0n) is 8.82. The van der Waals surface area contributed by atoms with Crippen LogP contribution in [-0.4, -0.2) is 57.0 Å². The Kier molecular flexibility index (Phi) is 10.9. The van der Waals surface area contributed by atoms with Crippen LogP contribution in [0.5, 0.6) is 0 Å². The summed E-state index contributed by atoms with van der Waals surface area (Å²) in [5, 5.41) is 26.5. The Hall–Kier alpha value is 0.372. The molecule has 0 aromatic carbocycles. The zero-order chi connectivity index (χ0) is 10.9. The Labute approximate surface area is 88.2 Å². The van der Waals surface area contributed by atoms with Crippen LogP contribution in [0.2, 0.25) is 5.28 Å². The van der Waals surface area contributed by atoms with Gasteiger partial charge in [0.05, 0.1) is 25.4 Å². The summed E-state index contributed by atoms with van der Waals surface area (Å²) in [4.78, 5) is 0. The molecule has 0 amide bonds. The Morgan fingerprint density at radius 3 is 1.38 bits per heavy atom. The van der Waals surface area contributed by atoms with E-state index in [1.165, 1.54) is 21.6 Å².